The second-order valence-corrected chi connectivity index (χ2v) is 8.82. The van der Waals surface area contributed by atoms with Gasteiger partial charge in [-0.05, 0) is 48.4 Å². The molecule has 0 fully saturated rings. The lowest BCUT2D eigenvalue weighted by molar-refractivity contribution is -0.114. The van der Waals surface area contributed by atoms with Crippen LogP contribution in [0.25, 0.3) is 0 Å². The minimum atomic E-state index is -3.96. The molecule has 0 radical (unpaired) electrons. The average molecular weight is 455 g/mol. The maximum Gasteiger partial charge on any atom is 0.264 e. The minimum absolute atomic E-state index is 0.110. The highest BCUT2D eigenvalue weighted by Gasteiger charge is 2.27. The van der Waals surface area contributed by atoms with E-state index in [-0.39, 0.29) is 4.90 Å². The van der Waals surface area contributed by atoms with Crippen LogP contribution in [0.3, 0.4) is 0 Å². The Balaban J connectivity index is 1.91. The molecule has 1 amide bonds. The van der Waals surface area contributed by atoms with Crippen molar-refractivity contribution < 1.29 is 22.7 Å². The first-order valence-corrected chi connectivity index (χ1v) is 11.5. The topological polar surface area (TPSA) is 84.9 Å². The molecular weight excluding hydrogens is 428 g/mol. The van der Waals surface area contributed by atoms with Gasteiger partial charge >= 0.3 is 0 Å². The quantitative estimate of drug-likeness (QED) is 0.526. The smallest absolute Gasteiger partial charge is 0.264 e. The van der Waals surface area contributed by atoms with Gasteiger partial charge in [0.05, 0.1) is 24.8 Å². The number of anilines is 2. The molecule has 0 unspecified atom stereocenters. The lowest BCUT2D eigenvalue weighted by Crippen LogP contribution is -2.38. The highest BCUT2D eigenvalue weighted by atomic mass is 32.2. The molecule has 7 nitrogen and oxygen atoms in total. The standard InChI is InChI=1S/C24H26N2O5S/c1-4-18-10-13-20(14-11-18)26(32(28,29)21-8-6-5-7-9-21)17-24(27)25-19-12-15-22(30-2)23(16-19)31-3/h5-16H,4,17H2,1-3H3,(H,25,27). The number of methoxy groups -OCH3 is 2. The summed E-state index contributed by atoms with van der Waals surface area (Å²) in [5, 5.41) is 2.73. The molecule has 0 aliphatic carbocycles. The van der Waals surface area contributed by atoms with Gasteiger partial charge in [-0.25, -0.2) is 8.42 Å². The molecule has 0 spiro atoms. The second-order valence-electron chi connectivity index (χ2n) is 6.96. The fourth-order valence-electron chi connectivity index (χ4n) is 3.18. The number of amides is 1. The largest absolute Gasteiger partial charge is 0.493 e. The average Bonchev–Trinajstić information content (AvgIpc) is 2.83. The number of hydrogen-bond donors (Lipinski definition) is 1. The van der Waals surface area contributed by atoms with Gasteiger partial charge in [-0.15, -0.1) is 0 Å². The van der Waals surface area contributed by atoms with E-state index in [2.05, 4.69) is 5.32 Å². The molecule has 3 aromatic carbocycles. The van der Waals surface area contributed by atoms with Gasteiger partial charge in [0, 0.05) is 11.8 Å². The van der Waals surface area contributed by atoms with Crippen molar-refractivity contribution in [3.05, 3.63) is 78.4 Å². The Hall–Kier alpha value is -3.52. The molecule has 3 aromatic rings. The van der Waals surface area contributed by atoms with Crippen LogP contribution in [0.1, 0.15) is 12.5 Å². The van der Waals surface area contributed by atoms with Crippen LogP contribution >= 0.6 is 0 Å². The lowest BCUT2D eigenvalue weighted by atomic mass is 10.1. The summed E-state index contributed by atoms with van der Waals surface area (Å²) in [7, 11) is -0.939. The van der Waals surface area contributed by atoms with Crippen molar-refractivity contribution in [1.29, 1.82) is 0 Å². The third-order valence-electron chi connectivity index (χ3n) is 4.92. The zero-order chi connectivity index (χ0) is 23.1. The van der Waals surface area contributed by atoms with Gasteiger partial charge in [0.15, 0.2) is 11.5 Å². The van der Waals surface area contributed by atoms with Gasteiger partial charge in [-0.1, -0.05) is 37.3 Å². The number of aryl methyl sites for hydroxylation is 1. The van der Waals surface area contributed by atoms with Gasteiger partial charge in [0.2, 0.25) is 5.91 Å². The molecular formula is C24H26N2O5S. The fourth-order valence-corrected chi connectivity index (χ4v) is 4.62. The molecule has 0 saturated heterocycles. The van der Waals surface area contributed by atoms with Gasteiger partial charge in [-0.2, -0.15) is 0 Å². The number of carbonyl (C=O) groups excluding carboxylic acids is 1. The zero-order valence-corrected chi connectivity index (χ0v) is 19.1. The van der Waals surface area contributed by atoms with Crippen molar-refractivity contribution in [3.63, 3.8) is 0 Å². The van der Waals surface area contributed by atoms with Crippen LogP contribution in [0.2, 0.25) is 0 Å². The molecule has 3 rings (SSSR count). The van der Waals surface area contributed by atoms with Crippen LogP contribution in [0.4, 0.5) is 11.4 Å². The first-order chi connectivity index (χ1) is 15.4. The summed E-state index contributed by atoms with van der Waals surface area (Å²) < 4.78 is 38.3. The first kappa shape index (κ1) is 23.1. The SMILES string of the molecule is CCc1ccc(N(CC(=O)Nc2ccc(OC)c(OC)c2)S(=O)(=O)c2ccccc2)cc1. The number of carbonyl (C=O) groups is 1. The Morgan fingerprint density at radius 1 is 0.906 bits per heavy atom. The number of benzene rings is 3. The predicted octanol–water partition coefficient (Wildman–Crippen LogP) is 4.10. The summed E-state index contributed by atoms with van der Waals surface area (Å²) in [4.78, 5) is 13.0. The molecule has 0 aromatic heterocycles. The number of ether oxygens (including phenoxy) is 2. The highest BCUT2D eigenvalue weighted by molar-refractivity contribution is 7.92. The van der Waals surface area contributed by atoms with E-state index >= 15 is 0 Å². The third kappa shape index (κ3) is 5.20. The van der Waals surface area contributed by atoms with Gasteiger partial charge < -0.3 is 14.8 Å². The van der Waals surface area contributed by atoms with E-state index in [9.17, 15) is 13.2 Å². The van der Waals surface area contributed by atoms with Gasteiger partial charge in [-0.3, -0.25) is 9.10 Å². The molecule has 0 aliphatic rings. The van der Waals surface area contributed by atoms with Gasteiger partial charge in [0.25, 0.3) is 10.0 Å². The Morgan fingerprint density at radius 2 is 1.56 bits per heavy atom. The second kappa shape index (κ2) is 10.2. The van der Waals surface area contributed by atoms with Crippen molar-refractivity contribution in [2.45, 2.75) is 18.2 Å². The van der Waals surface area contributed by atoms with E-state index in [1.54, 1.807) is 48.5 Å². The molecule has 1 N–H and O–H groups in total. The number of hydrogen-bond acceptors (Lipinski definition) is 5. The van der Waals surface area contributed by atoms with Crippen LogP contribution in [-0.2, 0) is 21.2 Å². The maximum absolute atomic E-state index is 13.4. The molecule has 0 aliphatic heterocycles. The monoisotopic (exact) mass is 454 g/mol. The number of rotatable bonds is 9. The van der Waals surface area contributed by atoms with Crippen LogP contribution < -0.4 is 19.1 Å². The number of nitrogens with zero attached hydrogens (tertiary/aromatic N) is 1. The Bertz CT molecular complexity index is 1160. The Kier molecular flexibility index (Phi) is 7.37. The minimum Gasteiger partial charge on any atom is -0.493 e. The van der Waals surface area contributed by atoms with E-state index in [4.69, 9.17) is 9.47 Å². The summed E-state index contributed by atoms with van der Waals surface area (Å²) in [6.07, 6.45) is 0.825. The van der Waals surface area contributed by atoms with E-state index < -0.39 is 22.5 Å². The molecule has 32 heavy (non-hydrogen) atoms. The summed E-state index contributed by atoms with van der Waals surface area (Å²) >= 11 is 0. The van der Waals surface area contributed by atoms with Crippen molar-refractivity contribution >= 4 is 27.3 Å². The summed E-state index contributed by atoms with van der Waals surface area (Å²) in [5.74, 6) is 0.486. The Morgan fingerprint density at radius 3 is 2.16 bits per heavy atom. The van der Waals surface area contributed by atoms with E-state index in [1.807, 2.05) is 19.1 Å². The van der Waals surface area contributed by atoms with E-state index in [1.165, 1.54) is 26.4 Å². The predicted molar refractivity (Wildman–Crippen MR) is 125 cm³/mol. The highest BCUT2D eigenvalue weighted by Crippen LogP contribution is 2.30. The fraction of sp³-hybridized carbons (Fsp3) is 0.208. The zero-order valence-electron chi connectivity index (χ0n) is 18.2. The van der Waals surface area contributed by atoms with Crippen molar-refractivity contribution in [3.8, 4) is 11.5 Å². The van der Waals surface area contributed by atoms with Crippen LogP contribution in [0, 0.1) is 0 Å². The van der Waals surface area contributed by atoms with Gasteiger partial charge in [0.1, 0.15) is 6.54 Å². The summed E-state index contributed by atoms with van der Waals surface area (Å²) in [6.45, 7) is 1.63. The number of nitrogens with one attached hydrogen (secondary N) is 1. The third-order valence-corrected chi connectivity index (χ3v) is 6.71. The van der Waals surface area contributed by atoms with Crippen molar-refractivity contribution in [2.24, 2.45) is 0 Å². The van der Waals surface area contributed by atoms with Crippen LogP contribution in [0.5, 0.6) is 11.5 Å². The summed E-state index contributed by atoms with van der Waals surface area (Å²) in [5.41, 5.74) is 1.94. The van der Waals surface area contributed by atoms with Crippen LogP contribution in [-0.4, -0.2) is 35.1 Å². The molecule has 0 atom stereocenters. The van der Waals surface area contributed by atoms with E-state index in [0.29, 0.717) is 22.9 Å². The maximum atomic E-state index is 13.4. The number of sulfonamides is 1. The molecule has 168 valence electrons. The van der Waals surface area contributed by atoms with Crippen LogP contribution in [0.15, 0.2) is 77.7 Å². The normalized spacial score (nSPS) is 11.0. The molecule has 8 heteroatoms. The summed E-state index contributed by atoms with van der Waals surface area (Å²) in [6, 6.07) is 20.1. The first-order valence-electron chi connectivity index (χ1n) is 10.1. The van der Waals surface area contributed by atoms with Crippen molar-refractivity contribution in [1.82, 2.24) is 0 Å². The molecule has 0 bridgehead atoms. The molecule has 0 saturated carbocycles. The lowest BCUT2D eigenvalue weighted by Gasteiger charge is -2.24. The molecule has 0 heterocycles. The van der Waals surface area contributed by atoms with Crippen molar-refractivity contribution in [2.75, 3.05) is 30.4 Å². The van der Waals surface area contributed by atoms with E-state index in [0.717, 1.165) is 16.3 Å². The Labute approximate surface area is 188 Å².